The molecule has 0 fully saturated rings. The summed E-state index contributed by atoms with van der Waals surface area (Å²) in [5.41, 5.74) is 6.70. The van der Waals surface area contributed by atoms with E-state index in [1.807, 2.05) is 50.2 Å². The summed E-state index contributed by atoms with van der Waals surface area (Å²) in [4.78, 5) is 40.9. The van der Waals surface area contributed by atoms with Crippen LogP contribution in [0.2, 0.25) is 0 Å². The zero-order valence-electron chi connectivity index (χ0n) is 19.2. The summed E-state index contributed by atoms with van der Waals surface area (Å²) in [6, 6.07) is 15.6. The van der Waals surface area contributed by atoms with Crippen molar-refractivity contribution in [1.82, 2.24) is 10.8 Å². The number of fused-ring (bicyclic) bond motifs is 3. The van der Waals surface area contributed by atoms with Gasteiger partial charge >= 0.3 is 12.1 Å². The number of carbonyl (C=O) groups is 3. The molecule has 33 heavy (non-hydrogen) atoms. The fourth-order valence-electron chi connectivity index (χ4n) is 4.29. The number of carbonyl (C=O) groups excluding carboxylic acids is 2. The van der Waals surface area contributed by atoms with Crippen LogP contribution in [0, 0.1) is 11.8 Å². The Morgan fingerprint density at radius 3 is 2.00 bits per heavy atom. The van der Waals surface area contributed by atoms with Gasteiger partial charge in [-0.05, 0) is 42.0 Å². The first kappa shape index (κ1) is 24.3. The molecule has 0 saturated heterocycles. The Hall–Kier alpha value is -3.39. The van der Waals surface area contributed by atoms with Gasteiger partial charge in [-0.3, -0.25) is 9.63 Å². The predicted molar refractivity (Wildman–Crippen MR) is 122 cm³/mol. The van der Waals surface area contributed by atoms with Gasteiger partial charge in [-0.25, -0.2) is 15.1 Å². The van der Waals surface area contributed by atoms with Gasteiger partial charge in [-0.1, -0.05) is 62.4 Å². The topological polar surface area (TPSA) is 114 Å². The Morgan fingerprint density at radius 1 is 0.939 bits per heavy atom. The van der Waals surface area contributed by atoms with Crippen molar-refractivity contribution in [2.24, 2.45) is 11.8 Å². The van der Waals surface area contributed by atoms with E-state index in [-0.39, 0.29) is 18.4 Å². The number of rotatable bonds is 9. The summed E-state index contributed by atoms with van der Waals surface area (Å²) in [5.74, 6) is -2.55. The molecule has 3 atom stereocenters. The van der Waals surface area contributed by atoms with Crippen molar-refractivity contribution >= 4 is 18.0 Å². The largest absolute Gasteiger partial charge is 0.479 e. The number of benzene rings is 2. The molecule has 0 aromatic heterocycles. The monoisotopic (exact) mass is 454 g/mol. The molecule has 0 saturated carbocycles. The lowest BCUT2D eigenvalue weighted by Gasteiger charge is -2.27. The van der Waals surface area contributed by atoms with E-state index in [1.54, 1.807) is 6.92 Å². The SMILES string of the molecule is CC(ONC(=O)C(C(C)C)C(C)NC(=O)OCC1c2ccccc2-c2ccccc21)C(=O)O. The van der Waals surface area contributed by atoms with Gasteiger partial charge < -0.3 is 15.2 Å². The van der Waals surface area contributed by atoms with Gasteiger partial charge in [-0.15, -0.1) is 0 Å². The predicted octanol–water partition coefficient (Wildman–Crippen LogP) is 3.71. The molecule has 0 radical (unpaired) electrons. The number of hydroxylamine groups is 1. The maximum atomic E-state index is 12.6. The third-order valence-electron chi connectivity index (χ3n) is 5.93. The maximum absolute atomic E-state index is 12.6. The van der Waals surface area contributed by atoms with Crippen molar-refractivity contribution in [2.75, 3.05) is 6.61 Å². The van der Waals surface area contributed by atoms with Crippen LogP contribution < -0.4 is 10.8 Å². The molecule has 2 aromatic rings. The molecule has 3 N–H and O–H groups in total. The summed E-state index contributed by atoms with van der Waals surface area (Å²) >= 11 is 0. The summed E-state index contributed by atoms with van der Waals surface area (Å²) in [7, 11) is 0. The van der Waals surface area contributed by atoms with Crippen LogP contribution in [0.3, 0.4) is 0 Å². The minimum Gasteiger partial charge on any atom is -0.479 e. The molecule has 2 amide bonds. The van der Waals surface area contributed by atoms with E-state index in [2.05, 4.69) is 22.9 Å². The van der Waals surface area contributed by atoms with Crippen molar-refractivity contribution in [3.63, 3.8) is 0 Å². The number of hydrogen-bond donors (Lipinski definition) is 3. The summed E-state index contributed by atoms with van der Waals surface area (Å²) < 4.78 is 5.56. The quantitative estimate of drug-likeness (QED) is 0.498. The highest BCUT2D eigenvalue weighted by Crippen LogP contribution is 2.44. The summed E-state index contributed by atoms with van der Waals surface area (Å²) in [5, 5.41) is 11.6. The zero-order chi connectivity index (χ0) is 24.1. The molecule has 0 heterocycles. The maximum Gasteiger partial charge on any atom is 0.407 e. The van der Waals surface area contributed by atoms with Gasteiger partial charge in [0, 0.05) is 12.0 Å². The molecule has 3 unspecified atom stereocenters. The Balaban J connectivity index is 1.60. The molecule has 1 aliphatic carbocycles. The van der Waals surface area contributed by atoms with Crippen molar-refractivity contribution in [2.45, 2.75) is 45.8 Å². The second-order valence-electron chi connectivity index (χ2n) is 8.59. The standard InChI is InChI=1S/C25H30N2O6/c1-14(2)22(23(28)27-33-16(4)24(29)30)15(3)26-25(31)32-13-21-19-11-7-5-9-17(19)18-10-6-8-12-20(18)21/h5-12,14-16,21-22H,13H2,1-4H3,(H,26,31)(H,27,28)(H,29,30). The second-order valence-corrected chi connectivity index (χ2v) is 8.59. The fourth-order valence-corrected chi connectivity index (χ4v) is 4.29. The number of carboxylic acid groups (broad SMARTS) is 1. The molecular weight excluding hydrogens is 424 g/mol. The number of carboxylic acids is 1. The van der Waals surface area contributed by atoms with Crippen molar-refractivity contribution in [3.8, 4) is 11.1 Å². The highest BCUT2D eigenvalue weighted by atomic mass is 16.7. The molecule has 2 aromatic carbocycles. The van der Waals surface area contributed by atoms with Crippen LogP contribution in [-0.4, -0.2) is 41.8 Å². The third kappa shape index (κ3) is 5.51. The lowest BCUT2D eigenvalue weighted by atomic mass is 9.89. The normalized spacial score (nSPS) is 15.2. The molecule has 176 valence electrons. The average Bonchev–Trinajstić information content (AvgIpc) is 3.09. The number of amides is 2. The first-order chi connectivity index (χ1) is 15.7. The van der Waals surface area contributed by atoms with Crippen molar-refractivity contribution in [1.29, 1.82) is 0 Å². The first-order valence-corrected chi connectivity index (χ1v) is 11.0. The van der Waals surface area contributed by atoms with Gasteiger partial charge in [0.1, 0.15) is 6.61 Å². The minimum atomic E-state index is -1.19. The van der Waals surface area contributed by atoms with Crippen molar-refractivity contribution < 1.29 is 29.1 Å². The van der Waals surface area contributed by atoms with E-state index < -0.39 is 36.0 Å². The molecule has 8 nitrogen and oxygen atoms in total. The summed E-state index contributed by atoms with van der Waals surface area (Å²) in [6.07, 6.45) is -1.81. The van der Waals surface area contributed by atoms with Crippen LogP contribution in [0.4, 0.5) is 4.79 Å². The second kappa shape index (κ2) is 10.5. The van der Waals surface area contributed by atoms with E-state index in [4.69, 9.17) is 14.7 Å². The van der Waals surface area contributed by atoms with Crippen LogP contribution in [-0.2, 0) is 19.2 Å². The van der Waals surface area contributed by atoms with Gasteiger partial charge in [0.15, 0.2) is 6.10 Å². The molecule has 0 bridgehead atoms. The van der Waals surface area contributed by atoms with E-state index in [0.29, 0.717) is 0 Å². The Labute approximate surface area is 193 Å². The zero-order valence-corrected chi connectivity index (χ0v) is 19.2. The third-order valence-corrected chi connectivity index (χ3v) is 5.93. The van der Waals surface area contributed by atoms with E-state index in [0.717, 1.165) is 22.3 Å². The Morgan fingerprint density at radius 2 is 1.48 bits per heavy atom. The van der Waals surface area contributed by atoms with E-state index in [1.165, 1.54) is 6.92 Å². The van der Waals surface area contributed by atoms with Crippen LogP contribution in [0.25, 0.3) is 11.1 Å². The van der Waals surface area contributed by atoms with Crippen molar-refractivity contribution in [3.05, 3.63) is 59.7 Å². The average molecular weight is 455 g/mol. The number of aliphatic carboxylic acids is 1. The Kier molecular flexibility index (Phi) is 7.71. The molecule has 1 aliphatic rings. The molecule has 0 spiro atoms. The Bertz CT molecular complexity index is 976. The van der Waals surface area contributed by atoms with Crippen LogP contribution in [0.5, 0.6) is 0 Å². The van der Waals surface area contributed by atoms with Gasteiger partial charge in [0.2, 0.25) is 5.91 Å². The van der Waals surface area contributed by atoms with Gasteiger partial charge in [-0.2, -0.15) is 0 Å². The molecule has 0 aliphatic heterocycles. The van der Waals surface area contributed by atoms with E-state index in [9.17, 15) is 14.4 Å². The summed E-state index contributed by atoms with van der Waals surface area (Å²) in [6.45, 7) is 6.85. The first-order valence-electron chi connectivity index (χ1n) is 11.0. The number of hydrogen-bond acceptors (Lipinski definition) is 5. The molecule has 8 heteroatoms. The smallest absolute Gasteiger partial charge is 0.407 e. The molecular formula is C25H30N2O6. The van der Waals surface area contributed by atoms with Gasteiger partial charge in [0.05, 0.1) is 5.92 Å². The van der Waals surface area contributed by atoms with E-state index >= 15 is 0 Å². The van der Waals surface area contributed by atoms with Crippen LogP contribution in [0.1, 0.15) is 44.7 Å². The number of alkyl carbamates (subject to hydrolysis) is 1. The fraction of sp³-hybridized carbons (Fsp3) is 0.400. The number of nitrogens with one attached hydrogen (secondary N) is 2. The minimum absolute atomic E-state index is 0.0615. The lowest BCUT2D eigenvalue weighted by molar-refractivity contribution is -0.160. The lowest BCUT2D eigenvalue weighted by Crippen LogP contribution is -2.48. The highest BCUT2D eigenvalue weighted by Gasteiger charge is 2.32. The highest BCUT2D eigenvalue weighted by molar-refractivity contribution is 5.81. The number of ether oxygens (including phenoxy) is 1. The van der Waals surface area contributed by atoms with Crippen LogP contribution >= 0.6 is 0 Å². The van der Waals surface area contributed by atoms with Gasteiger partial charge in [0.25, 0.3) is 0 Å². The molecule has 3 rings (SSSR count). The van der Waals surface area contributed by atoms with Crippen LogP contribution in [0.15, 0.2) is 48.5 Å².